The van der Waals surface area contributed by atoms with Crippen molar-refractivity contribution in [2.24, 2.45) is 0 Å². The van der Waals surface area contributed by atoms with Gasteiger partial charge in [-0.15, -0.1) is 5.10 Å². The summed E-state index contributed by atoms with van der Waals surface area (Å²) in [5.74, 6) is 0.754. The van der Waals surface area contributed by atoms with Gasteiger partial charge in [-0.2, -0.15) is 0 Å². The average molecular weight is 339 g/mol. The maximum atomic E-state index is 13.5. The van der Waals surface area contributed by atoms with Crippen molar-refractivity contribution in [1.29, 1.82) is 0 Å². The van der Waals surface area contributed by atoms with Gasteiger partial charge in [0.25, 0.3) is 0 Å². The minimum absolute atomic E-state index is 0.201. The first-order valence-electron chi connectivity index (χ1n) is 9.41. The molecule has 1 aromatic heterocycles. The smallest absolute Gasteiger partial charge is 0.233 e. The highest BCUT2D eigenvalue weighted by atomic mass is 16.2. The molecule has 0 bridgehead atoms. The maximum absolute atomic E-state index is 13.5. The third kappa shape index (κ3) is 3.05. The number of rotatable bonds is 4. The van der Waals surface area contributed by atoms with E-state index >= 15 is 0 Å². The van der Waals surface area contributed by atoms with Crippen molar-refractivity contribution >= 4 is 5.91 Å². The SMILES string of the molecule is CCCN(C(=O)C1CCCCn2nnnc21)C1Cc2ccccc2C1. The van der Waals surface area contributed by atoms with E-state index in [0.29, 0.717) is 0 Å². The summed E-state index contributed by atoms with van der Waals surface area (Å²) < 4.78 is 1.82. The van der Waals surface area contributed by atoms with Gasteiger partial charge in [-0.25, -0.2) is 4.68 Å². The van der Waals surface area contributed by atoms with E-state index in [9.17, 15) is 4.79 Å². The summed E-state index contributed by atoms with van der Waals surface area (Å²) in [7, 11) is 0. The van der Waals surface area contributed by atoms with E-state index in [1.807, 2.05) is 4.68 Å². The minimum Gasteiger partial charge on any atom is -0.338 e. The monoisotopic (exact) mass is 339 g/mol. The number of hydrogen-bond acceptors (Lipinski definition) is 4. The van der Waals surface area contributed by atoms with Gasteiger partial charge in [0, 0.05) is 19.1 Å². The number of amides is 1. The van der Waals surface area contributed by atoms with Gasteiger partial charge >= 0.3 is 0 Å². The third-order valence-corrected chi connectivity index (χ3v) is 5.50. The van der Waals surface area contributed by atoms with E-state index in [4.69, 9.17) is 0 Å². The molecule has 4 rings (SSSR count). The zero-order chi connectivity index (χ0) is 17.2. The summed E-state index contributed by atoms with van der Waals surface area (Å²) in [5, 5.41) is 12.1. The first-order valence-corrected chi connectivity index (χ1v) is 9.41. The zero-order valence-electron chi connectivity index (χ0n) is 14.8. The molecule has 6 heteroatoms. The minimum atomic E-state index is -0.201. The number of carbonyl (C=O) groups excluding carboxylic acids is 1. The van der Waals surface area contributed by atoms with E-state index in [2.05, 4.69) is 51.6 Å². The van der Waals surface area contributed by atoms with Crippen molar-refractivity contribution in [3.8, 4) is 0 Å². The van der Waals surface area contributed by atoms with Crippen LogP contribution in [0.1, 0.15) is 55.5 Å². The summed E-state index contributed by atoms with van der Waals surface area (Å²) in [4.78, 5) is 15.6. The Bertz CT molecular complexity index is 731. The molecule has 132 valence electrons. The summed E-state index contributed by atoms with van der Waals surface area (Å²) in [6.07, 6.45) is 5.80. The van der Waals surface area contributed by atoms with Crippen LogP contribution in [-0.2, 0) is 24.2 Å². The highest BCUT2D eigenvalue weighted by Gasteiger charge is 2.36. The lowest BCUT2D eigenvalue weighted by Crippen LogP contribution is -2.44. The molecule has 25 heavy (non-hydrogen) atoms. The Morgan fingerprint density at radius 3 is 2.72 bits per heavy atom. The maximum Gasteiger partial charge on any atom is 0.233 e. The van der Waals surface area contributed by atoms with Crippen LogP contribution < -0.4 is 0 Å². The summed E-state index contributed by atoms with van der Waals surface area (Å²) in [5.41, 5.74) is 2.76. The Balaban J connectivity index is 1.58. The second-order valence-corrected chi connectivity index (χ2v) is 7.17. The molecule has 0 spiro atoms. The number of carbonyl (C=O) groups is 1. The molecular formula is C19H25N5O. The highest BCUT2D eigenvalue weighted by Crippen LogP contribution is 2.31. The predicted molar refractivity (Wildman–Crippen MR) is 94.1 cm³/mol. The number of tetrazole rings is 1. The quantitative estimate of drug-likeness (QED) is 0.858. The highest BCUT2D eigenvalue weighted by molar-refractivity contribution is 5.83. The molecule has 1 aliphatic heterocycles. The number of aromatic nitrogens is 4. The molecule has 0 saturated carbocycles. The molecule has 2 heterocycles. The fourth-order valence-electron chi connectivity index (χ4n) is 4.26. The van der Waals surface area contributed by atoms with Gasteiger partial charge in [0.1, 0.15) is 0 Å². The predicted octanol–water partition coefficient (Wildman–Crippen LogP) is 2.35. The Kier molecular flexibility index (Phi) is 4.51. The van der Waals surface area contributed by atoms with E-state index in [0.717, 1.165) is 57.4 Å². The molecule has 1 unspecified atom stereocenters. The van der Waals surface area contributed by atoms with Gasteiger partial charge in [-0.1, -0.05) is 37.6 Å². The number of benzene rings is 1. The number of nitrogens with zero attached hydrogens (tertiary/aromatic N) is 5. The van der Waals surface area contributed by atoms with Crippen LogP contribution in [0.3, 0.4) is 0 Å². The van der Waals surface area contributed by atoms with Crippen molar-refractivity contribution < 1.29 is 4.79 Å². The molecule has 1 amide bonds. The fraction of sp³-hybridized carbons (Fsp3) is 0.579. The normalized spacial score (nSPS) is 20.0. The first-order chi connectivity index (χ1) is 12.3. The largest absolute Gasteiger partial charge is 0.338 e. The molecule has 2 aromatic rings. The van der Waals surface area contributed by atoms with Crippen molar-refractivity contribution in [3.05, 3.63) is 41.2 Å². The molecule has 6 nitrogen and oxygen atoms in total. The van der Waals surface area contributed by atoms with Gasteiger partial charge in [0.2, 0.25) is 5.91 Å². The standard InChI is InChI=1S/C19H25N5O/c1-2-10-23(16-12-14-7-3-4-8-15(14)13-16)19(25)17-9-5-6-11-24-18(17)20-21-22-24/h3-4,7-8,16-17H,2,5-6,9-13H2,1H3. The van der Waals surface area contributed by atoms with E-state index in [1.165, 1.54) is 11.1 Å². The Hall–Kier alpha value is -2.24. The number of aryl methyl sites for hydroxylation is 1. The van der Waals surface area contributed by atoms with Gasteiger partial charge in [0.15, 0.2) is 5.82 Å². The molecular weight excluding hydrogens is 314 g/mol. The van der Waals surface area contributed by atoms with Crippen LogP contribution in [0.5, 0.6) is 0 Å². The summed E-state index contributed by atoms with van der Waals surface area (Å²) in [6.45, 7) is 3.75. The molecule has 0 radical (unpaired) electrons. The van der Waals surface area contributed by atoms with Gasteiger partial charge in [0.05, 0.1) is 5.92 Å². The zero-order valence-corrected chi connectivity index (χ0v) is 14.8. The molecule has 1 aliphatic carbocycles. The van der Waals surface area contributed by atoms with E-state index in [1.54, 1.807) is 0 Å². The van der Waals surface area contributed by atoms with Crippen molar-refractivity contribution in [1.82, 2.24) is 25.1 Å². The lowest BCUT2D eigenvalue weighted by atomic mass is 9.99. The van der Waals surface area contributed by atoms with Crippen molar-refractivity contribution in [2.45, 2.75) is 64.0 Å². The van der Waals surface area contributed by atoms with Crippen LogP contribution in [0.15, 0.2) is 24.3 Å². The molecule has 0 saturated heterocycles. The molecule has 2 aliphatic rings. The fourth-order valence-corrected chi connectivity index (χ4v) is 4.26. The summed E-state index contributed by atoms with van der Waals surface area (Å²) in [6, 6.07) is 8.82. The lowest BCUT2D eigenvalue weighted by molar-refractivity contribution is -0.135. The molecule has 0 fully saturated rings. The van der Waals surface area contributed by atoms with Crippen LogP contribution in [0, 0.1) is 0 Å². The van der Waals surface area contributed by atoms with Crippen LogP contribution >= 0.6 is 0 Å². The average Bonchev–Trinajstić information content (AvgIpc) is 3.21. The Morgan fingerprint density at radius 2 is 2.00 bits per heavy atom. The van der Waals surface area contributed by atoms with Gasteiger partial charge < -0.3 is 4.90 Å². The molecule has 1 atom stereocenters. The van der Waals surface area contributed by atoms with Crippen molar-refractivity contribution in [3.63, 3.8) is 0 Å². The van der Waals surface area contributed by atoms with Crippen molar-refractivity contribution in [2.75, 3.05) is 6.54 Å². The third-order valence-electron chi connectivity index (χ3n) is 5.50. The number of fused-ring (bicyclic) bond motifs is 2. The van der Waals surface area contributed by atoms with Crippen LogP contribution in [0.2, 0.25) is 0 Å². The topological polar surface area (TPSA) is 63.9 Å². The van der Waals surface area contributed by atoms with E-state index in [-0.39, 0.29) is 17.9 Å². The van der Waals surface area contributed by atoms with Crippen LogP contribution in [-0.4, -0.2) is 43.6 Å². The van der Waals surface area contributed by atoms with E-state index < -0.39 is 0 Å². The Morgan fingerprint density at radius 1 is 1.24 bits per heavy atom. The number of hydrogen-bond donors (Lipinski definition) is 0. The first kappa shape index (κ1) is 16.2. The second kappa shape index (κ2) is 6.94. The van der Waals surface area contributed by atoms with Gasteiger partial charge in [-0.3, -0.25) is 4.79 Å². The Labute approximate surface area is 148 Å². The van der Waals surface area contributed by atoms with Crippen LogP contribution in [0.4, 0.5) is 0 Å². The lowest BCUT2D eigenvalue weighted by Gasteiger charge is -2.31. The van der Waals surface area contributed by atoms with Crippen LogP contribution in [0.25, 0.3) is 0 Å². The molecule has 1 aromatic carbocycles. The second-order valence-electron chi connectivity index (χ2n) is 7.17. The van der Waals surface area contributed by atoms with Gasteiger partial charge in [-0.05, 0) is 53.7 Å². The summed E-state index contributed by atoms with van der Waals surface area (Å²) >= 11 is 0. The molecule has 0 N–H and O–H groups in total.